The number of nitro groups is 1. The molecule has 1 aromatic heterocycles. The average Bonchev–Trinajstić information content (AvgIpc) is 3.22. The van der Waals surface area contributed by atoms with Crippen molar-refractivity contribution >= 4 is 17.3 Å². The van der Waals surface area contributed by atoms with Crippen LogP contribution in [0.1, 0.15) is 28.0 Å². The highest BCUT2D eigenvalue weighted by Gasteiger charge is 2.15. The summed E-state index contributed by atoms with van der Waals surface area (Å²) in [6, 6.07) is 13.9. The van der Waals surface area contributed by atoms with Gasteiger partial charge in [-0.1, -0.05) is 12.1 Å². The van der Waals surface area contributed by atoms with E-state index in [1.807, 2.05) is 6.07 Å². The molecule has 1 aliphatic rings. The van der Waals surface area contributed by atoms with Gasteiger partial charge in [0.25, 0.3) is 11.6 Å². The Labute approximate surface area is 167 Å². The first-order valence-corrected chi connectivity index (χ1v) is 9.43. The van der Waals surface area contributed by atoms with E-state index in [-0.39, 0.29) is 11.6 Å². The number of nitrogens with one attached hydrogen (secondary N) is 1. The van der Waals surface area contributed by atoms with Crippen LogP contribution in [-0.2, 0) is 13.0 Å². The molecular formula is C21H21N5O3. The summed E-state index contributed by atoms with van der Waals surface area (Å²) in [7, 11) is 2.10. The monoisotopic (exact) mass is 391 g/mol. The number of carbonyl (C=O) groups excluding carboxylic acids is 1. The van der Waals surface area contributed by atoms with E-state index in [0.29, 0.717) is 17.9 Å². The molecule has 8 nitrogen and oxygen atoms in total. The zero-order chi connectivity index (χ0) is 20.4. The molecule has 0 unspecified atom stereocenters. The number of hydrogen-bond donors (Lipinski definition) is 1. The molecule has 0 spiro atoms. The van der Waals surface area contributed by atoms with E-state index in [1.54, 1.807) is 24.4 Å². The summed E-state index contributed by atoms with van der Waals surface area (Å²) in [5.41, 5.74) is 4.58. The minimum absolute atomic E-state index is 0.00937. The Bertz CT molecular complexity index is 1060. The van der Waals surface area contributed by atoms with Gasteiger partial charge in [0.05, 0.1) is 10.6 Å². The van der Waals surface area contributed by atoms with Crippen LogP contribution in [0.3, 0.4) is 0 Å². The number of non-ortho nitro benzene ring substituents is 1. The number of amides is 1. The van der Waals surface area contributed by atoms with E-state index in [1.165, 1.54) is 28.1 Å². The molecule has 2 aromatic carbocycles. The van der Waals surface area contributed by atoms with Crippen LogP contribution in [-0.4, -0.2) is 34.2 Å². The summed E-state index contributed by atoms with van der Waals surface area (Å²) in [6.45, 7) is 1.50. The van der Waals surface area contributed by atoms with Crippen LogP contribution in [0.4, 0.5) is 11.4 Å². The zero-order valence-electron chi connectivity index (χ0n) is 16.0. The number of fused-ring (bicyclic) bond motifs is 1. The number of benzene rings is 2. The lowest BCUT2D eigenvalue weighted by atomic mass is 9.99. The van der Waals surface area contributed by atoms with Gasteiger partial charge in [-0.2, -0.15) is 5.10 Å². The average molecular weight is 391 g/mol. The summed E-state index contributed by atoms with van der Waals surface area (Å²) in [4.78, 5) is 25.0. The van der Waals surface area contributed by atoms with Crippen molar-refractivity contribution < 1.29 is 9.72 Å². The third-order valence-corrected chi connectivity index (χ3v) is 5.09. The topological polar surface area (TPSA) is 93.3 Å². The van der Waals surface area contributed by atoms with Gasteiger partial charge in [0.1, 0.15) is 0 Å². The first-order chi connectivity index (χ1) is 14.0. The molecule has 0 aliphatic carbocycles. The first kappa shape index (κ1) is 18.7. The van der Waals surface area contributed by atoms with Crippen molar-refractivity contribution in [1.82, 2.24) is 15.1 Å². The fourth-order valence-electron chi connectivity index (χ4n) is 3.54. The van der Waals surface area contributed by atoms with E-state index >= 15 is 0 Å². The Morgan fingerprint density at radius 3 is 2.76 bits per heavy atom. The fourth-order valence-corrected chi connectivity index (χ4v) is 3.54. The van der Waals surface area contributed by atoms with Crippen molar-refractivity contribution in [2.24, 2.45) is 0 Å². The highest BCUT2D eigenvalue weighted by atomic mass is 16.6. The number of hydrogen-bond acceptors (Lipinski definition) is 5. The van der Waals surface area contributed by atoms with Gasteiger partial charge in [-0.15, -0.1) is 0 Å². The fraction of sp³-hybridized carbons (Fsp3) is 0.238. The van der Waals surface area contributed by atoms with Crippen molar-refractivity contribution in [2.75, 3.05) is 18.5 Å². The second-order valence-corrected chi connectivity index (χ2v) is 7.09. The third kappa shape index (κ3) is 3.96. The van der Waals surface area contributed by atoms with Gasteiger partial charge in [-0.05, 0) is 48.2 Å². The number of nitrogens with zero attached hydrogens (tertiary/aromatic N) is 4. The van der Waals surface area contributed by atoms with Crippen LogP contribution in [0.5, 0.6) is 0 Å². The molecule has 0 fully saturated rings. The summed E-state index contributed by atoms with van der Waals surface area (Å²) >= 11 is 0. The number of aromatic nitrogens is 2. The molecule has 0 radical (unpaired) electrons. The number of anilines is 1. The number of carbonyl (C=O) groups is 1. The Morgan fingerprint density at radius 2 is 2.00 bits per heavy atom. The molecular weight excluding hydrogens is 370 g/mol. The van der Waals surface area contributed by atoms with Gasteiger partial charge in [0, 0.05) is 44.2 Å². The molecule has 0 bridgehead atoms. The largest absolute Gasteiger partial charge is 0.374 e. The van der Waals surface area contributed by atoms with Crippen LogP contribution in [0.25, 0.3) is 5.69 Å². The van der Waals surface area contributed by atoms with Crippen LogP contribution >= 0.6 is 0 Å². The Hall–Kier alpha value is -3.68. The van der Waals surface area contributed by atoms with Crippen LogP contribution in [0.2, 0.25) is 0 Å². The highest BCUT2D eigenvalue weighted by Crippen LogP contribution is 2.26. The molecule has 2 heterocycles. The molecule has 29 heavy (non-hydrogen) atoms. The summed E-state index contributed by atoms with van der Waals surface area (Å²) in [6.07, 6.45) is 3.85. The van der Waals surface area contributed by atoms with Gasteiger partial charge in [0.15, 0.2) is 5.69 Å². The molecule has 4 rings (SSSR count). The second kappa shape index (κ2) is 7.75. The molecule has 8 heteroatoms. The first-order valence-electron chi connectivity index (χ1n) is 9.43. The maximum Gasteiger partial charge on any atom is 0.272 e. The summed E-state index contributed by atoms with van der Waals surface area (Å²) in [5, 5.41) is 17.9. The zero-order valence-corrected chi connectivity index (χ0v) is 16.0. The van der Waals surface area contributed by atoms with Crippen molar-refractivity contribution in [3.8, 4) is 5.69 Å². The van der Waals surface area contributed by atoms with Gasteiger partial charge >= 0.3 is 0 Å². The smallest absolute Gasteiger partial charge is 0.272 e. The number of aryl methyl sites for hydroxylation is 1. The predicted octanol–water partition coefficient (Wildman–Crippen LogP) is 3.09. The van der Waals surface area contributed by atoms with Crippen LogP contribution in [0, 0.1) is 10.1 Å². The SMILES string of the molecule is CN1CCCc2cc(CNC(=O)c3ccn(-c4ccc([N+](=O)[O-])cc4)n3)ccc21. The second-order valence-electron chi connectivity index (χ2n) is 7.09. The van der Waals surface area contributed by atoms with Crippen molar-refractivity contribution in [3.63, 3.8) is 0 Å². The van der Waals surface area contributed by atoms with Crippen molar-refractivity contribution in [1.29, 1.82) is 0 Å². The van der Waals surface area contributed by atoms with Crippen molar-refractivity contribution in [2.45, 2.75) is 19.4 Å². The number of rotatable bonds is 5. The highest BCUT2D eigenvalue weighted by molar-refractivity contribution is 5.92. The molecule has 3 aromatic rings. The normalized spacial score (nSPS) is 13.1. The quantitative estimate of drug-likeness (QED) is 0.533. The molecule has 1 amide bonds. The number of nitro benzene ring substituents is 1. The van der Waals surface area contributed by atoms with E-state index in [0.717, 1.165) is 24.9 Å². The van der Waals surface area contributed by atoms with Crippen LogP contribution < -0.4 is 10.2 Å². The van der Waals surface area contributed by atoms with Gasteiger partial charge in [0.2, 0.25) is 0 Å². The minimum Gasteiger partial charge on any atom is -0.374 e. The molecule has 0 saturated heterocycles. The summed E-state index contributed by atoms with van der Waals surface area (Å²) < 4.78 is 1.52. The van der Waals surface area contributed by atoms with Crippen molar-refractivity contribution in [3.05, 3.63) is 81.7 Å². The minimum atomic E-state index is -0.454. The summed E-state index contributed by atoms with van der Waals surface area (Å²) in [5.74, 6) is -0.263. The molecule has 0 atom stereocenters. The van der Waals surface area contributed by atoms with Gasteiger partial charge in [-0.3, -0.25) is 14.9 Å². The Balaban J connectivity index is 1.41. The molecule has 1 N–H and O–H groups in total. The Kier molecular flexibility index (Phi) is 4.99. The predicted molar refractivity (Wildman–Crippen MR) is 109 cm³/mol. The Morgan fingerprint density at radius 1 is 1.21 bits per heavy atom. The lowest BCUT2D eigenvalue weighted by Gasteiger charge is -2.27. The maximum atomic E-state index is 12.5. The molecule has 0 saturated carbocycles. The lowest BCUT2D eigenvalue weighted by Crippen LogP contribution is -2.26. The third-order valence-electron chi connectivity index (χ3n) is 5.09. The molecule has 1 aliphatic heterocycles. The molecule has 148 valence electrons. The van der Waals surface area contributed by atoms with E-state index < -0.39 is 4.92 Å². The standard InChI is InChI=1S/C21H21N5O3/c1-24-11-2-3-16-13-15(4-9-20(16)24)14-22-21(27)19-10-12-25(23-19)17-5-7-18(8-6-17)26(28)29/h4-10,12-13H,2-3,11,14H2,1H3,(H,22,27). The maximum absolute atomic E-state index is 12.5. The van der Waals surface area contributed by atoms with E-state index in [2.05, 4.69) is 34.5 Å². The van der Waals surface area contributed by atoms with Gasteiger partial charge < -0.3 is 10.2 Å². The van der Waals surface area contributed by atoms with E-state index in [9.17, 15) is 14.9 Å². The lowest BCUT2D eigenvalue weighted by molar-refractivity contribution is -0.384. The van der Waals surface area contributed by atoms with E-state index in [4.69, 9.17) is 0 Å². The van der Waals surface area contributed by atoms with Crippen LogP contribution in [0.15, 0.2) is 54.7 Å². The van der Waals surface area contributed by atoms with Gasteiger partial charge in [-0.25, -0.2) is 4.68 Å².